The summed E-state index contributed by atoms with van der Waals surface area (Å²) in [4.78, 5) is 27.8. The number of halogens is 2. The molecule has 8 heterocycles. The van der Waals surface area contributed by atoms with E-state index < -0.39 is 0 Å². The van der Waals surface area contributed by atoms with Gasteiger partial charge in [-0.3, -0.25) is 4.90 Å². The predicted molar refractivity (Wildman–Crippen MR) is 207 cm³/mol. The number of nitrogens with one attached hydrogen (secondary N) is 2. The normalized spacial score (nSPS) is 12.5. The summed E-state index contributed by atoms with van der Waals surface area (Å²) in [5.74, 6) is 6.48. The lowest BCUT2D eigenvalue weighted by Crippen LogP contribution is -2.39. The molecule has 0 bridgehead atoms. The van der Waals surface area contributed by atoms with Gasteiger partial charge >= 0.3 is 0 Å². The number of terminal acetylenes is 1. The lowest BCUT2D eigenvalue weighted by Gasteiger charge is -2.26. The zero-order valence-electron chi connectivity index (χ0n) is 28.6. The van der Waals surface area contributed by atoms with Gasteiger partial charge in [-0.05, 0) is 62.2 Å². The van der Waals surface area contributed by atoms with Crippen LogP contribution in [0.1, 0.15) is 0 Å². The van der Waals surface area contributed by atoms with Crippen molar-refractivity contribution in [2.24, 2.45) is 0 Å². The summed E-state index contributed by atoms with van der Waals surface area (Å²) in [6.07, 6.45) is 22.3. The summed E-state index contributed by atoms with van der Waals surface area (Å²) in [6.45, 7) is 5.56. The van der Waals surface area contributed by atoms with Crippen LogP contribution in [0.25, 0.3) is 23.5 Å². The number of anilines is 3. The van der Waals surface area contributed by atoms with Crippen molar-refractivity contribution in [3.63, 3.8) is 0 Å². The van der Waals surface area contributed by atoms with E-state index in [-0.39, 0.29) is 0 Å². The van der Waals surface area contributed by atoms with Crippen LogP contribution in [0.15, 0.2) is 101 Å². The molecule has 7 aromatic heterocycles. The molecule has 0 aliphatic carbocycles. The Balaban J connectivity index is 0.000000159. The molecule has 4 N–H and O–H groups in total. The SMILES string of the molecule is Brc1c(NCCN2CCOCC2)nc(-n2cccn2)nc1-n1cccn1.C#CCNc1nc(-n2cccn2)nc(-n2cccn2)c1Br.Nc1ccncn1. The molecule has 54 heavy (non-hydrogen) atoms. The molecule has 276 valence electrons. The summed E-state index contributed by atoms with van der Waals surface area (Å²) in [7, 11) is 0. The second kappa shape index (κ2) is 19.1. The molecular formula is C33H34Br2N18O. The van der Waals surface area contributed by atoms with Gasteiger partial charge in [0.25, 0.3) is 11.9 Å². The van der Waals surface area contributed by atoms with E-state index in [9.17, 15) is 0 Å². The molecule has 21 heteroatoms. The molecule has 7 aromatic rings. The third-order valence-electron chi connectivity index (χ3n) is 7.29. The molecule has 0 atom stereocenters. The summed E-state index contributed by atoms with van der Waals surface area (Å²) < 4.78 is 13.4. The van der Waals surface area contributed by atoms with Crippen LogP contribution in [-0.4, -0.2) is 120 Å². The Morgan fingerprint density at radius 3 is 1.67 bits per heavy atom. The van der Waals surface area contributed by atoms with Crippen molar-refractivity contribution >= 4 is 49.3 Å². The van der Waals surface area contributed by atoms with Crippen LogP contribution in [0.5, 0.6) is 0 Å². The van der Waals surface area contributed by atoms with E-state index in [1.54, 1.807) is 74.2 Å². The first-order chi connectivity index (χ1) is 26.5. The van der Waals surface area contributed by atoms with Crippen LogP contribution in [0.4, 0.5) is 17.5 Å². The highest BCUT2D eigenvalue weighted by Gasteiger charge is 2.17. The zero-order chi connectivity index (χ0) is 37.5. The van der Waals surface area contributed by atoms with Crippen molar-refractivity contribution in [2.45, 2.75) is 0 Å². The van der Waals surface area contributed by atoms with Gasteiger partial charge in [0.2, 0.25) is 0 Å². The second-order valence-electron chi connectivity index (χ2n) is 10.9. The van der Waals surface area contributed by atoms with Crippen molar-refractivity contribution in [1.82, 2.24) is 73.9 Å². The summed E-state index contributed by atoms with van der Waals surface area (Å²) in [5.41, 5.74) is 5.21. The highest BCUT2D eigenvalue weighted by molar-refractivity contribution is 9.11. The molecule has 1 aliphatic heterocycles. The van der Waals surface area contributed by atoms with Gasteiger partial charge < -0.3 is 21.1 Å². The van der Waals surface area contributed by atoms with Gasteiger partial charge in [0.05, 0.1) is 19.8 Å². The van der Waals surface area contributed by atoms with E-state index in [1.165, 1.54) is 6.33 Å². The van der Waals surface area contributed by atoms with Crippen molar-refractivity contribution in [2.75, 3.05) is 62.3 Å². The van der Waals surface area contributed by atoms with E-state index in [1.807, 2.05) is 30.6 Å². The van der Waals surface area contributed by atoms with Gasteiger partial charge in [-0.15, -0.1) is 6.42 Å². The van der Waals surface area contributed by atoms with Crippen LogP contribution < -0.4 is 16.4 Å². The quantitative estimate of drug-likeness (QED) is 0.169. The Labute approximate surface area is 326 Å². The molecule has 0 aromatic carbocycles. The number of hydrogen-bond donors (Lipinski definition) is 3. The van der Waals surface area contributed by atoms with Crippen molar-refractivity contribution in [1.29, 1.82) is 0 Å². The molecule has 19 nitrogen and oxygen atoms in total. The fraction of sp³-hybridized carbons (Fsp3) is 0.212. The lowest BCUT2D eigenvalue weighted by molar-refractivity contribution is 0.0398. The highest BCUT2D eigenvalue weighted by Crippen LogP contribution is 2.28. The number of rotatable bonds is 10. The molecule has 0 spiro atoms. The number of nitrogen functional groups attached to an aromatic ring is 1. The average molecular weight is 859 g/mol. The maximum absolute atomic E-state index is 5.39. The number of hydrogen-bond acceptors (Lipinski definition) is 15. The average Bonchev–Trinajstić information content (AvgIpc) is 4.05. The van der Waals surface area contributed by atoms with Crippen LogP contribution >= 0.6 is 31.9 Å². The first-order valence-electron chi connectivity index (χ1n) is 16.4. The molecule has 0 unspecified atom stereocenters. The minimum atomic E-state index is 0.354. The number of nitrogens with two attached hydrogens (primary N) is 1. The van der Waals surface area contributed by atoms with E-state index >= 15 is 0 Å². The summed E-state index contributed by atoms with van der Waals surface area (Å²) in [6, 6.07) is 8.95. The number of nitrogens with zero attached hydrogens (tertiary/aromatic N) is 15. The minimum Gasteiger partial charge on any atom is -0.384 e. The lowest BCUT2D eigenvalue weighted by atomic mass is 10.4. The van der Waals surface area contributed by atoms with Crippen LogP contribution in [-0.2, 0) is 4.74 Å². The Kier molecular flexibility index (Phi) is 13.3. The third-order valence-corrected chi connectivity index (χ3v) is 8.75. The van der Waals surface area contributed by atoms with E-state index in [2.05, 4.69) is 104 Å². The summed E-state index contributed by atoms with van der Waals surface area (Å²) in [5, 5.41) is 23.3. The van der Waals surface area contributed by atoms with E-state index in [0.717, 1.165) is 43.9 Å². The first kappa shape index (κ1) is 37.7. The van der Waals surface area contributed by atoms with Gasteiger partial charge in [-0.2, -0.15) is 40.3 Å². The van der Waals surface area contributed by atoms with Gasteiger partial charge in [0.15, 0.2) is 11.6 Å². The van der Waals surface area contributed by atoms with Crippen molar-refractivity contribution in [3.8, 4) is 35.9 Å². The Bertz CT molecular complexity index is 2180. The fourth-order valence-electron chi connectivity index (χ4n) is 4.75. The summed E-state index contributed by atoms with van der Waals surface area (Å²) >= 11 is 7.10. The number of morpholine rings is 1. The zero-order valence-corrected chi connectivity index (χ0v) is 31.8. The maximum atomic E-state index is 5.39. The smallest absolute Gasteiger partial charge is 0.254 e. The highest BCUT2D eigenvalue weighted by atomic mass is 79.9. The van der Waals surface area contributed by atoms with E-state index in [4.69, 9.17) is 16.9 Å². The standard InChI is InChI=1S/C16H19BrN8O.C13H10BrN7.C4H5N3/c17-13-14(18-5-8-23-9-11-26-12-10-23)21-16(25-7-2-4-20-25)22-15(13)24-6-1-3-19-24;1-2-5-15-11-10(14)12(20-8-3-6-16-20)19-13(18-11)21-9-4-7-17-21;5-4-1-2-6-3-7-4/h1-4,6-7H,5,8-12H2,(H,18,21,22);1,3-4,6-9H,5H2,(H,15,18,19);1-3H,(H2,5,6,7). The largest absolute Gasteiger partial charge is 0.384 e. The number of ether oxygens (including phenoxy) is 1. The molecule has 0 saturated carbocycles. The van der Waals surface area contributed by atoms with Crippen molar-refractivity contribution < 1.29 is 4.74 Å². The minimum absolute atomic E-state index is 0.354. The van der Waals surface area contributed by atoms with Gasteiger partial charge in [0.1, 0.15) is 32.7 Å². The monoisotopic (exact) mass is 856 g/mol. The molecule has 0 radical (unpaired) electrons. The van der Waals surface area contributed by atoms with Gasteiger partial charge in [-0.1, -0.05) is 5.92 Å². The third kappa shape index (κ3) is 10.1. The van der Waals surface area contributed by atoms with Crippen LogP contribution in [0, 0.1) is 12.3 Å². The van der Waals surface area contributed by atoms with Gasteiger partial charge in [-0.25, -0.2) is 28.7 Å². The molecule has 1 fully saturated rings. The molecule has 0 amide bonds. The molecule has 1 aliphatic rings. The van der Waals surface area contributed by atoms with Crippen molar-refractivity contribution in [3.05, 3.63) is 101 Å². The predicted octanol–water partition coefficient (Wildman–Crippen LogP) is 3.07. The Morgan fingerprint density at radius 2 is 1.24 bits per heavy atom. The fourth-order valence-corrected chi connectivity index (χ4v) is 5.74. The van der Waals surface area contributed by atoms with Crippen LogP contribution in [0.2, 0.25) is 0 Å². The van der Waals surface area contributed by atoms with Crippen LogP contribution in [0.3, 0.4) is 0 Å². The Morgan fingerprint density at radius 1 is 0.722 bits per heavy atom. The Hall–Kier alpha value is -6.08. The first-order valence-corrected chi connectivity index (χ1v) is 18.0. The van der Waals surface area contributed by atoms with Gasteiger partial charge in [0, 0.05) is 82.0 Å². The number of aromatic nitrogens is 14. The van der Waals surface area contributed by atoms with E-state index in [0.29, 0.717) is 52.0 Å². The maximum Gasteiger partial charge on any atom is 0.254 e. The molecular weight excluding hydrogens is 824 g/mol. The second-order valence-corrected chi connectivity index (χ2v) is 12.5. The molecule has 1 saturated heterocycles. The topological polar surface area (TPSA) is 211 Å². The molecule has 8 rings (SSSR count).